The van der Waals surface area contributed by atoms with Crippen LogP contribution in [-0.4, -0.2) is 67.0 Å². The zero-order valence-electron chi connectivity index (χ0n) is 21.9. The number of nitrogens with zero attached hydrogens (tertiary/aromatic N) is 2. The third-order valence-corrected chi connectivity index (χ3v) is 7.68. The Hall–Kier alpha value is -4.04. The van der Waals surface area contributed by atoms with Gasteiger partial charge in [0.2, 0.25) is 0 Å². The lowest BCUT2D eigenvalue weighted by atomic mass is 9.81. The minimum absolute atomic E-state index is 0.0747. The average molecular weight is 526 g/mol. The van der Waals surface area contributed by atoms with E-state index in [0.717, 1.165) is 32.4 Å². The van der Waals surface area contributed by atoms with Crippen molar-refractivity contribution in [3.05, 3.63) is 76.9 Å². The Morgan fingerprint density at radius 2 is 1.95 bits per heavy atom. The summed E-state index contributed by atoms with van der Waals surface area (Å²) in [6.45, 7) is 5.30. The maximum absolute atomic E-state index is 13.7. The molecule has 2 aliphatic carbocycles. The van der Waals surface area contributed by atoms with Crippen LogP contribution in [0.1, 0.15) is 58.0 Å². The summed E-state index contributed by atoms with van der Waals surface area (Å²) in [4.78, 5) is 46.7. The molecular formula is C31H31N3O5. The van der Waals surface area contributed by atoms with Gasteiger partial charge in [-0.2, -0.15) is 0 Å². The van der Waals surface area contributed by atoms with Gasteiger partial charge >= 0.3 is 5.97 Å². The molecule has 1 unspecified atom stereocenters. The number of anilines is 1. The van der Waals surface area contributed by atoms with Crippen LogP contribution in [0.25, 0.3) is 0 Å². The fourth-order valence-corrected chi connectivity index (χ4v) is 5.81. The molecule has 0 aromatic heterocycles. The summed E-state index contributed by atoms with van der Waals surface area (Å²) in [7, 11) is 0. The highest BCUT2D eigenvalue weighted by molar-refractivity contribution is 6.32. The topological polar surface area (TPSA) is 97.3 Å². The molecule has 8 nitrogen and oxygen atoms in total. The minimum atomic E-state index is -0.332. The molecule has 2 heterocycles. The number of ketones is 2. The van der Waals surface area contributed by atoms with Gasteiger partial charge in [-0.3, -0.25) is 14.4 Å². The van der Waals surface area contributed by atoms with Crippen LogP contribution in [0, 0.1) is 5.92 Å². The van der Waals surface area contributed by atoms with Crippen molar-refractivity contribution < 1.29 is 23.9 Å². The monoisotopic (exact) mass is 525 g/mol. The highest BCUT2D eigenvalue weighted by Gasteiger charge is 2.38. The van der Waals surface area contributed by atoms with Crippen LogP contribution in [0.15, 0.2) is 59.6 Å². The van der Waals surface area contributed by atoms with Crippen molar-refractivity contribution in [2.24, 2.45) is 10.9 Å². The first-order chi connectivity index (χ1) is 19.0. The van der Waals surface area contributed by atoms with Gasteiger partial charge in [-0.25, -0.2) is 4.99 Å². The summed E-state index contributed by atoms with van der Waals surface area (Å²) < 4.78 is 11.5. The third-order valence-electron chi connectivity index (χ3n) is 7.68. The zero-order valence-corrected chi connectivity index (χ0v) is 21.9. The Bertz CT molecular complexity index is 1440. The molecule has 200 valence electrons. The van der Waals surface area contributed by atoms with Crippen molar-refractivity contribution in [3.8, 4) is 5.75 Å². The lowest BCUT2D eigenvalue weighted by molar-refractivity contribution is -0.149. The van der Waals surface area contributed by atoms with E-state index in [-0.39, 0.29) is 29.6 Å². The van der Waals surface area contributed by atoms with Crippen molar-refractivity contribution in [1.29, 1.82) is 0 Å². The Balaban J connectivity index is 1.25. The summed E-state index contributed by atoms with van der Waals surface area (Å²) in [5.74, 6) is -0.118. The van der Waals surface area contributed by atoms with Crippen LogP contribution in [-0.2, 0) is 9.53 Å². The quantitative estimate of drug-likeness (QED) is 0.358. The maximum Gasteiger partial charge on any atom is 0.310 e. The molecule has 4 aliphatic rings. The SMILES string of the molecule is CCOC(=O)[C@@H]1CCCN(CCCNc2cc3c(c4c2C(=O)c2ccccc2C4=O)N=C2C=CC=CC2O3)C1. The van der Waals surface area contributed by atoms with Crippen LogP contribution in [0.4, 0.5) is 11.4 Å². The summed E-state index contributed by atoms with van der Waals surface area (Å²) >= 11 is 0. The number of esters is 1. The number of aliphatic imine (C=N–C) groups is 1. The number of benzene rings is 2. The van der Waals surface area contributed by atoms with E-state index in [1.54, 1.807) is 30.3 Å². The Morgan fingerprint density at radius 1 is 1.15 bits per heavy atom. The number of ether oxygens (including phenoxy) is 2. The molecule has 2 aromatic rings. The summed E-state index contributed by atoms with van der Waals surface area (Å²) in [6, 6.07) is 8.73. The third kappa shape index (κ3) is 4.69. The van der Waals surface area contributed by atoms with E-state index in [0.29, 0.717) is 64.8 Å². The Labute approximate surface area is 227 Å². The number of carbonyl (C=O) groups is 3. The molecule has 39 heavy (non-hydrogen) atoms. The van der Waals surface area contributed by atoms with Crippen molar-refractivity contribution in [2.75, 3.05) is 38.1 Å². The number of carbonyl (C=O) groups excluding carboxylic acids is 3. The van der Waals surface area contributed by atoms with E-state index in [9.17, 15) is 14.4 Å². The number of allylic oxidation sites excluding steroid dienone is 2. The number of rotatable bonds is 7. The van der Waals surface area contributed by atoms with Crippen molar-refractivity contribution in [2.45, 2.75) is 32.3 Å². The van der Waals surface area contributed by atoms with Gasteiger partial charge in [-0.05, 0) is 51.4 Å². The van der Waals surface area contributed by atoms with E-state index in [1.165, 1.54) is 0 Å². The first-order valence-electron chi connectivity index (χ1n) is 13.7. The first-order valence-corrected chi connectivity index (χ1v) is 13.7. The van der Waals surface area contributed by atoms with Crippen LogP contribution in [0.5, 0.6) is 5.75 Å². The minimum Gasteiger partial charge on any atom is -0.478 e. The smallest absolute Gasteiger partial charge is 0.310 e. The fraction of sp³-hybridized carbons (Fsp3) is 0.355. The average Bonchev–Trinajstić information content (AvgIpc) is 2.96. The van der Waals surface area contributed by atoms with E-state index in [2.05, 4.69) is 10.2 Å². The van der Waals surface area contributed by atoms with Gasteiger partial charge in [0.1, 0.15) is 11.4 Å². The van der Waals surface area contributed by atoms with Crippen molar-refractivity contribution in [3.63, 3.8) is 0 Å². The van der Waals surface area contributed by atoms with Gasteiger partial charge in [-0.1, -0.05) is 36.4 Å². The van der Waals surface area contributed by atoms with Gasteiger partial charge in [-0.15, -0.1) is 0 Å². The fourth-order valence-electron chi connectivity index (χ4n) is 5.81. The molecule has 0 spiro atoms. The molecule has 0 bridgehead atoms. The molecule has 2 aliphatic heterocycles. The lowest BCUT2D eigenvalue weighted by Crippen LogP contribution is -2.40. The van der Waals surface area contributed by atoms with Gasteiger partial charge in [0.05, 0.1) is 29.4 Å². The highest BCUT2D eigenvalue weighted by atomic mass is 16.5. The lowest BCUT2D eigenvalue weighted by Gasteiger charge is -2.31. The summed E-state index contributed by atoms with van der Waals surface area (Å²) in [5.41, 5.74) is 3.12. The van der Waals surface area contributed by atoms with Gasteiger partial charge < -0.3 is 19.7 Å². The zero-order chi connectivity index (χ0) is 26.9. The number of hydrogen-bond donors (Lipinski definition) is 1. The molecule has 8 heteroatoms. The molecule has 1 saturated heterocycles. The molecule has 0 radical (unpaired) electrons. The molecule has 2 aromatic carbocycles. The van der Waals surface area contributed by atoms with Gasteiger partial charge in [0.25, 0.3) is 0 Å². The normalized spacial score (nSPS) is 21.2. The molecular weight excluding hydrogens is 494 g/mol. The predicted molar refractivity (Wildman–Crippen MR) is 148 cm³/mol. The second-order valence-electron chi connectivity index (χ2n) is 10.2. The molecule has 1 N–H and O–H groups in total. The van der Waals surface area contributed by atoms with Crippen LogP contribution in [0.2, 0.25) is 0 Å². The van der Waals surface area contributed by atoms with Crippen LogP contribution >= 0.6 is 0 Å². The molecule has 6 rings (SSSR count). The first kappa shape index (κ1) is 25.2. The summed E-state index contributed by atoms with van der Waals surface area (Å²) in [6.07, 6.45) is 9.87. The molecule has 2 atom stereocenters. The number of piperidine rings is 1. The second kappa shape index (κ2) is 10.6. The number of likely N-dealkylation sites (tertiary alicyclic amines) is 1. The van der Waals surface area contributed by atoms with Crippen LogP contribution < -0.4 is 10.1 Å². The summed E-state index contributed by atoms with van der Waals surface area (Å²) in [5, 5.41) is 3.42. The predicted octanol–water partition coefficient (Wildman–Crippen LogP) is 4.50. The molecule has 1 fully saturated rings. The van der Waals surface area contributed by atoms with E-state index >= 15 is 0 Å². The van der Waals surface area contributed by atoms with Gasteiger partial charge in [0, 0.05) is 36.0 Å². The molecule has 0 saturated carbocycles. The maximum atomic E-state index is 13.7. The second-order valence-corrected chi connectivity index (χ2v) is 10.2. The van der Waals surface area contributed by atoms with Gasteiger partial charge in [0.15, 0.2) is 17.7 Å². The van der Waals surface area contributed by atoms with E-state index in [4.69, 9.17) is 14.5 Å². The highest BCUT2D eigenvalue weighted by Crippen LogP contribution is 2.46. The van der Waals surface area contributed by atoms with E-state index < -0.39 is 0 Å². The van der Waals surface area contributed by atoms with E-state index in [1.807, 2.05) is 31.2 Å². The van der Waals surface area contributed by atoms with Crippen molar-refractivity contribution >= 4 is 34.6 Å². The largest absolute Gasteiger partial charge is 0.478 e. The molecule has 0 amide bonds. The number of hydrogen-bond acceptors (Lipinski definition) is 8. The standard InChI is InChI=1S/C31H31N3O5/c1-2-38-31(37)19-9-7-15-34(18-19)16-8-14-32-23-17-25-28(33-22-12-5-6-13-24(22)39-25)27-26(23)29(35)20-10-3-4-11-21(20)30(27)36/h3-6,10-13,17,19,24,32H,2,7-9,14-16,18H2,1H3/t19-,24?/m1/s1. The Kier molecular flexibility index (Phi) is 6.87. The van der Waals surface area contributed by atoms with Crippen molar-refractivity contribution in [1.82, 2.24) is 4.90 Å². The Morgan fingerprint density at radius 3 is 2.74 bits per heavy atom. The van der Waals surface area contributed by atoms with Crippen LogP contribution in [0.3, 0.4) is 0 Å². The number of fused-ring (bicyclic) bond motifs is 5. The number of nitrogens with one attached hydrogen (secondary N) is 1.